The lowest BCUT2D eigenvalue weighted by atomic mass is 10.2. The molecule has 0 aromatic rings. The molecule has 1 atom stereocenters. The van der Waals surface area contributed by atoms with Gasteiger partial charge in [-0.05, 0) is 12.5 Å². The van der Waals surface area contributed by atoms with Crippen molar-refractivity contribution in [3.05, 3.63) is 0 Å². The Bertz CT molecular complexity index is 188. The van der Waals surface area contributed by atoms with Crippen LogP contribution in [0.25, 0.3) is 0 Å². The Kier molecular flexibility index (Phi) is 7.77. The molecule has 0 amide bonds. The highest BCUT2D eigenvalue weighted by Crippen LogP contribution is 2.03. The largest absolute Gasteiger partial charge is 0.380 e. The highest BCUT2D eigenvalue weighted by Gasteiger charge is 2.18. The number of hydrogen-bond donors (Lipinski definition) is 1. The van der Waals surface area contributed by atoms with Gasteiger partial charge in [-0.25, -0.2) is 0 Å². The molecule has 1 rings (SSSR count). The van der Waals surface area contributed by atoms with Gasteiger partial charge in [0.2, 0.25) is 0 Å². The molecule has 0 aliphatic carbocycles. The minimum atomic E-state index is 0.341. The van der Waals surface area contributed by atoms with Crippen LogP contribution in [-0.2, 0) is 9.47 Å². The van der Waals surface area contributed by atoms with E-state index in [1.54, 1.807) is 0 Å². The van der Waals surface area contributed by atoms with Crippen molar-refractivity contribution in [2.24, 2.45) is 5.92 Å². The van der Waals surface area contributed by atoms with E-state index in [9.17, 15) is 0 Å². The fourth-order valence-corrected chi connectivity index (χ4v) is 1.92. The van der Waals surface area contributed by atoms with Crippen molar-refractivity contribution in [2.45, 2.75) is 26.9 Å². The van der Waals surface area contributed by atoms with Crippen molar-refractivity contribution in [3.8, 4) is 0 Å². The molecule has 0 spiro atoms. The lowest BCUT2D eigenvalue weighted by Gasteiger charge is -2.32. The summed E-state index contributed by atoms with van der Waals surface area (Å²) in [6.45, 7) is 14.1. The van der Waals surface area contributed by atoms with Gasteiger partial charge in [0.05, 0.1) is 19.3 Å². The van der Waals surface area contributed by atoms with Gasteiger partial charge >= 0.3 is 0 Å². The summed E-state index contributed by atoms with van der Waals surface area (Å²) in [6, 6.07) is 0. The van der Waals surface area contributed by atoms with E-state index < -0.39 is 0 Å². The molecule has 0 bridgehead atoms. The van der Waals surface area contributed by atoms with Crippen molar-refractivity contribution in [1.82, 2.24) is 10.2 Å². The fraction of sp³-hybridized carbons (Fsp3) is 1.00. The Morgan fingerprint density at radius 1 is 1.47 bits per heavy atom. The van der Waals surface area contributed by atoms with Crippen LogP contribution in [0.4, 0.5) is 0 Å². The Morgan fingerprint density at radius 3 is 3.00 bits per heavy atom. The van der Waals surface area contributed by atoms with Gasteiger partial charge in [0.1, 0.15) is 0 Å². The lowest BCUT2D eigenvalue weighted by molar-refractivity contribution is -0.0259. The van der Waals surface area contributed by atoms with Crippen LogP contribution in [0.15, 0.2) is 0 Å². The average Bonchev–Trinajstić information content (AvgIpc) is 2.33. The van der Waals surface area contributed by atoms with Crippen molar-refractivity contribution in [2.75, 3.05) is 52.5 Å². The molecule has 0 aromatic heterocycles. The first-order valence-corrected chi connectivity index (χ1v) is 6.84. The van der Waals surface area contributed by atoms with Gasteiger partial charge < -0.3 is 14.8 Å². The molecule has 4 nitrogen and oxygen atoms in total. The first kappa shape index (κ1) is 14.9. The first-order valence-electron chi connectivity index (χ1n) is 6.84. The van der Waals surface area contributed by atoms with E-state index in [1.165, 1.54) is 0 Å². The Balaban J connectivity index is 1.95. The van der Waals surface area contributed by atoms with E-state index in [-0.39, 0.29) is 0 Å². The van der Waals surface area contributed by atoms with Crippen LogP contribution in [0.3, 0.4) is 0 Å². The molecular formula is C13H28N2O2. The quantitative estimate of drug-likeness (QED) is 0.645. The van der Waals surface area contributed by atoms with Crippen molar-refractivity contribution in [3.63, 3.8) is 0 Å². The predicted molar refractivity (Wildman–Crippen MR) is 70.4 cm³/mol. The summed E-state index contributed by atoms with van der Waals surface area (Å²) in [6.07, 6.45) is 0.341. The van der Waals surface area contributed by atoms with Crippen molar-refractivity contribution >= 4 is 0 Å². The molecule has 1 aliphatic rings. The number of ether oxygens (including phenoxy) is 2. The zero-order chi connectivity index (χ0) is 12.5. The molecule has 1 aliphatic heterocycles. The maximum Gasteiger partial charge on any atom is 0.0826 e. The van der Waals surface area contributed by atoms with Crippen LogP contribution < -0.4 is 5.32 Å². The van der Waals surface area contributed by atoms with E-state index in [0.29, 0.717) is 12.0 Å². The summed E-state index contributed by atoms with van der Waals surface area (Å²) in [5.74, 6) is 0.620. The van der Waals surface area contributed by atoms with Crippen LogP contribution >= 0.6 is 0 Å². The zero-order valence-electron chi connectivity index (χ0n) is 11.6. The van der Waals surface area contributed by atoms with Gasteiger partial charge in [-0.1, -0.05) is 20.8 Å². The molecule has 0 radical (unpaired) electrons. The minimum Gasteiger partial charge on any atom is -0.380 e. The molecule has 102 valence electrons. The predicted octanol–water partition coefficient (Wildman–Crippen LogP) is 0.969. The van der Waals surface area contributed by atoms with Crippen LogP contribution in [0, 0.1) is 5.92 Å². The number of nitrogens with one attached hydrogen (secondary N) is 1. The van der Waals surface area contributed by atoms with E-state index in [4.69, 9.17) is 9.47 Å². The minimum absolute atomic E-state index is 0.341. The Labute approximate surface area is 106 Å². The van der Waals surface area contributed by atoms with E-state index >= 15 is 0 Å². The Morgan fingerprint density at radius 2 is 2.29 bits per heavy atom. The second-order valence-corrected chi connectivity index (χ2v) is 5.06. The van der Waals surface area contributed by atoms with Gasteiger partial charge in [0.25, 0.3) is 0 Å². The van der Waals surface area contributed by atoms with Crippen LogP contribution in [-0.4, -0.2) is 63.5 Å². The van der Waals surface area contributed by atoms with E-state index in [1.807, 2.05) is 0 Å². The molecule has 1 N–H and O–H groups in total. The molecular weight excluding hydrogens is 216 g/mol. The third kappa shape index (κ3) is 6.99. The number of morpholine rings is 1. The smallest absolute Gasteiger partial charge is 0.0826 e. The Hall–Kier alpha value is -0.160. The fourth-order valence-electron chi connectivity index (χ4n) is 1.92. The molecule has 17 heavy (non-hydrogen) atoms. The summed E-state index contributed by atoms with van der Waals surface area (Å²) >= 11 is 0. The number of hydrogen-bond acceptors (Lipinski definition) is 4. The van der Waals surface area contributed by atoms with Crippen molar-refractivity contribution < 1.29 is 9.47 Å². The highest BCUT2D eigenvalue weighted by atomic mass is 16.5. The summed E-state index contributed by atoms with van der Waals surface area (Å²) < 4.78 is 11.2. The number of likely N-dealkylation sites (N-methyl/N-ethyl adjacent to an activating group) is 1. The molecule has 4 heteroatoms. The SMILES string of the molecule is CCN1CCOC(CNCCOCC(C)C)C1. The second-order valence-electron chi connectivity index (χ2n) is 5.06. The third-order valence-electron chi connectivity index (χ3n) is 2.92. The van der Waals surface area contributed by atoms with Crippen LogP contribution in [0.1, 0.15) is 20.8 Å². The van der Waals surface area contributed by atoms with E-state index in [0.717, 1.165) is 52.5 Å². The van der Waals surface area contributed by atoms with Crippen molar-refractivity contribution in [1.29, 1.82) is 0 Å². The maximum absolute atomic E-state index is 5.71. The summed E-state index contributed by atoms with van der Waals surface area (Å²) in [5, 5.41) is 3.40. The van der Waals surface area contributed by atoms with Gasteiger partial charge in [0.15, 0.2) is 0 Å². The highest BCUT2D eigenvalue weighted by molar-refractivity contribution is 4.72. The molecule has 1 unspecified atom stereocenters. The maximum atomic E-state index is 5.71. The van der Waals surface area contributed by atoms with Gasteiger partial charge in [0, 0.05) is 32.8 Å². The summed E-state index contributed by atoms with van der Waals surface area (Å²) in [5.41, 5.74) is 0. The number of nitrogens with zero attached hydrogens (tertiary/aromatic N) is 1. The molecule has 1 heterocycles. The van der Waals surface area contributed by atoms with Gasteiger partial charge in [-0.3, -0.25) is 4.90 Å². The van der Waals surface area contributed by atoms with Gasteiger partial charge in [-0.15, -0.1) is 0 Å². The van der Waals surface area contributed by atoms with E-state index in [2.05, 4.69) is 31.0 Å². The zero-order valence-corrected chi connectivity index (χ0v) is 11.6. The second kappa shape index (κ2) is 8.86. The normalized spacial score (nSPS) is 22.2. The molecule has 0 saturated carbocycles. The monoisotopic (exact) mass is 244 g/mol. The average molecular weight is 244 g/mol. The first-order chi connectivity index (χ1) is 8.22. The third-order valence-corrected chi connectivity index (χ3v) is 2.92. The molecule has 1 saturated heterocycles. The van der Waals surface area contributed by atoms with Crippen LogP contribution in [0.2, 0.25) is 0 Å². The van der Waals surface area contributed by atoms with Crippen LogP contribution in [0.5, 0.6) is 0 Å². The van der Waals surface area contributed by atoms with Gasteiger partial charge in [-0.2, -0.15) is 0 Å². The topological polar surface area (TPSA) is 33.7 Å². The number of rotatable bonds is 8. The standard InChI is InChI=1S/C13H28N2O2/c1-4-15-6-8-17-13(10-15)9-14-5-7-16-11-12(2)3/h12-14H,4-11H2,1-3H3. The molecule has 0 aromatic carbocycles. The summed E-state index contributed by atoms with van der Waals surface area (Å²) in [7, 11) is 0. The lowest BCUT2D eigenvalue weighted by Crippen LogP contribution is -2.46. The molecule has 1 fully saturated rings. The summed E-state index contributed by atoms with van der Waals surface area (Å²) in [4.78, 5) is 2.44.